The second kappa shape index (κ2) is 9.85. The summed E-state index contributed by atoms with van der Waals surface area (Å²) in [6, 6.07) is 4.59. The molecule has 2 aromatic carbocycles. The summed E-state index contributed by atoms with van der Waals surface area (Å²) in [5.41, 5.74) is -2.06. The maximum atomic E-state index is 14.4. The first kappa shape index (κ1) is 25.9. The van der Waals surface area contributed by atoms with E-state index in [2.05, 4.69) is 20.2 Å². The van der Waals surface area contributed by atoms with Crippen LogP contribution in [0.4, 0.5) is 26.3 Å². The molecule has 0 aliphatic heterocycles. The molecule has 0 spiro atoms. The van der Waals surface area contributed by atoms with Crippen LogP contribution < -0.4 is 10.3 Å². The Bertz CT molecular complexity index is 1710. The normalized spacial score (nSPS) is 12.6. The molecule has 0 aliphatic carbocycles. The van der Waals surface area contributed by atoms with Crippen molar-refractivity contribution in [1.82, 2.24) is 29.5 Å². The molecule has 0 bridgehead atoms. The summed E-state index contributed by atoms with van der Waals surface area (Å²) < 4.78 is 90.3. The van der Waals surface area contributed by atoms with Gasteiger partial charge in [-0.05, 0) is 36.8 Å². The number of ether oxygens (including phenoxy) is 1. The Labute approximate surface area is 215 Å². The molecular formula is C25H16F6N6O2. The Morgan fingerprint density at radius 1 is 0.974 bits per heavy atom. The third-order valence-electron chi connectivity index (χ3n) is 5.87. The number of pyridine rings is 1. The largest absolute Gasteiger partial charge is 0.438 e. The lowest BCUT2D eigenvalue weighted by Gasteiger charge is -2.20. The van der Waals surface area contributed by atoms with Crippen LogP contribution in [-0.4, -0.2) is 29.5 Å². The number of hydrogen-bond acceptors (Lipinski definition) is 6. The number of halogens is 6. The molecule has 3 heterocycles. The van der Waals surface area contributed by atoms with Gasteiger partial charge in [0.1, 0.15) is 28.8 Å². The van der Waals surface area contributed by atoms with Crippen LogP contribution in [0.15, 0.2) is 66.1 Å². The van der Waals surface area contributed by atoms with E-state index in [9.17, 15) is 31.1 Å². The van der Waals surface area contributed by atoms with E-state index >= 15 is 0 Å². The second-order valence-electron chi connectivity index (χ2n) is 8.45. The average molecular weight is 546 g/mol. The van der Waals surface area contributed by atoms with E-state index in [4.69, 9.17) is 4.74 Å². The molecule has 0 fully saturated rings. The van der Waals surface area contributed by atoms with E-state index in [1.807, 2.05) is 0 Å². The lowest BCUT2D eigenvalue weighted by atomic mass is 10.1. The SMILES string of the molecule is C[C@H](c1c(F)cc(F)cc1F)n1cnc(=O)c2cc(Oc3ncc(Cn4nccn4)cc3C(F)(F)F)ccc21. The van der Waals surface area contributed by atoms with Crippen molar-refractivity contribution in [2.45, 2.75) is 25.7 Å². The van der Waals surface area contributed by atoms with Gasteiger partial charge >= 0.3 is 6.18 Å². The van der Waals surface area contributed by atoms with E-state index in [0.717, 1.165) is 18.5 Å². The number of aromatic nitrogens is 6. The molecule has 5 rings (SSSR count). The van der Waals surface area contributed by atoms with E-state index < -0.39 is 52.2 Å². The Kier molecular flexibility index (Phi) is 6.54. The number of benzene rings is 2. The highest BCUT2D eigenvalue weighted by Crippen LogP contribution is 2.38. The molecule has 0 N–H and O–H groups in total. The third kappa shape index (κ3) is 5.17. The molecule has 3 aromatic heterocycles. The van der Waals surface area contributed by atoms with Crippen molar-refractivity contribution < 1.29 is 31.1 Å². The van der Waals surface area contributed by atoms with Gasteiger partial charge in [-0.1, -0.05) is 0 Å². The predicted octanol–water partition coefficient (Wildman–Crippen LogP) is 5.27. The fraction of sp³-hybridized carbons (Fsp3) is 0.160. The first-order valence-corrected chi connectivity index (χ1v) is 11.2. The van der Waals surface area contributed by atoms with Crippen LogP contribution in [0.2, 0.25) is 0 Å². The molecule has 8 nitrogen and oxygen atoms in total. The zero-order chi connectivity index (χ0) is 27.9. The first-order chi connectivity index (χ1) is 18.5. The highest BCUT2D eigenvalue weighted by Gasteiger charge is 2.36. The number of nitrogens with zero attached hydrogens (tertiary/aromatic N) is 6. The van der Waals surface area contributed by atoms with Gasteiger partial charge in [0.25, 0.3) is 5.56 Å². The van der Waals surface area contributed by atoms with Crippen LogP contribution in [0.1, 0.15) is 29.7 Å². The summed E-state index contributed by atoms with van der Waals surface area (Å²) in [4.78, 5) is 21.2. The van der Waals surface area contributed by atoms with Gasteiger partial charge < -0.3 is 9.30 Å². The highest BCUT2D eigenvalue weighted by molar-refractivity contribution is 5.80. The van der Waals surface area contributed by atoms with Crippen LogP contribution in [0, 0.1) is 17.5 Å². The zero-order valence-corrected chi connectivity index (χ0v) is 19.8. The minimum absolute atomic E-state index is 0.0576. The van der Waals surface area contributed by atoms with Gasteiger partial charge in [-0.25, -0.2) is 18.2 Å². The van der Waals surface area contributed by atoms with Gasteiger partial charge in [-0.2, -0.15) is 33.1 Å². The number of fused-ring (bicyclic) bond motifs is 1. The molecule has 0 saturated heterocycles. The predicted molar refractivity (Wildman–Crippen MR) is 125 cm³/mol. The van der Waals surface area contributed by atoms with E-state index in [0.29, 0.717) is 12.1 Å². The fourth-order valence-corrected chi connectivity index (χ4v) is 4.09. The van der Waals surface area contributed by atoms with Gasteiger partial charge in [0.05, 0.1) is 42.2 Å². The second-order valence-corrected chi connectivity index (χ2v) is 8.45. The summed E-state index contributed by atoms with van der Waals surface area (Å²) >= 11 is 0. The zero-order valence-electron chi connectivity index (χ0n) is 19.8. The minimum atomic E-state index is -4.82. The molecule has 0 saturated carbocycles. The van der Waals surface area contributed by atoms with Crippen molar-refractivity contribution in [2.75, 3.05) is 0 Å². The molecule has 14 heteroatoms. The highest BCUT2D eigenvalue weighted by atomic mass is 19.4. The lowest BCUT2D eigenvalue weighted by Crippen LogP contribution is -2.18. The first-order valence-electron chi connectivity index (χ1n) is 11.2. The van der Waals surface area contributed by atoms with Crippen LogP contribution in [0.3, 0.4) is 0 Å². The van der Waals surface area contributed by atoms with E-state index in [1.54, 1.807) is 0 Å². The molecular weight excluding hydrogens is 530 g/mol. The molecule has 200 valence electrons. The Hall–Kier alpha value is -4.75. The van der Waals surface area contributed by atoms with Crippen molar-refractivity contribution in [1.29, 1.82) is 0 Å². The summed E-state index contributed by atoms with van der Waals surface area (Å²) in [6.07, 6.45) is 0.183. The fourth-order valence-electron chi connectivity index (χ4n) is 4.09. The van der Waals surface area contributed by atoms with Gasteiger partial charge in [-0.15, -0.1) is 0 Å². The molecule has 39 heavy (non-hydrogen) atoms. The lowest BCUT2D eigenvalue weighted by molar-refractivity contribution is -0.138. The number of hydrogen-bond donors (Lipinski definition) is 0. The Morgan fingerprint density at radius 2 is 1.67 bits per heavy atom. The smallest absolute Gasteiger partial charge is 0.421 e. The maximum absolute atomic E-state index is 14.4. The van der Waals surface area contributed by atoms with Gasteiger partial charge in [0, 0.05) is 23.9 Å². The van der Waals surface area contributed by atoms with Crippen molar-refractivity contribution >= 4 is 10.9 Å². The number of rotatable bonds is 6. The summed E-state index contributed by atoms with van der Waals surface area (Å²) in [7, 11) is 0. The molecule has 1 atom stereocenters. The summed E-state index contributed by atoms with van der Waals surface area (Å²) in [5, 5.41) is 7.61. The van der Waals surface area contributed by atoms with Crippen molar-refractivity contribution in [3.8, 4) is 11.6 Å². The Morgan fingerprint density at radius 3 is 2.33 bits per heavy atom. The maximum Gasteiger partial charge on any atom is 0.421 e. The van der Waals surface area contributed by atoms with Crippen molar-refractivity contribution in [3.05, 3.63) is 106 Å². The standard InChI is InChI=1S/C25H16F6N6O2/c1-13(22-19(27)7-15(26)8-20(22)28)36-12-33-23(38)17-9-16(2-3-21(17)36)39-24-18(25(29,30)31)6-14(10-32-24)11-37-34-4-5-35-37/h2-10,12-13H,11H2,1H3/t13-/m1/s1. The summed E-state index contributed by atoms with van der Waals surface area (Å²) in [5.74, 6) is -4.28. The van der Waals surface area contributed by atoms with Crippen LogP contribution >= 0.6 is 0 Å². The van der Waals surface area contributed by atoms with Crippen LogP contribution in [0.5, 0.6) is 11.6 Å². The average Bonchev–Trinajstić information content (AvgIpc) is 3.37. The van der Waals surface area contributed by atoms with Crippen molar-refractivity contribution in [2.24, 2.45) is 0 Å². The Balaban J connectivity index is 1.52. The molecule has 5 aromatic rings. The molecule has 0 aliphatic rings. The van der Waals surface area contributed by atoms with Crippen LogP contribution in [-0.2, 0) is 12.7 Å². The number of alkyl halides is 3. The quantitative estimate of drug-likeness (QED) is 0.270. The molecule has 0 unspecified atom stereocenters. The monoisotopic (exact) mass is 546 g/mol. The van der Waals surface area contributed by atoms with Gasteiger partial charge in [0.15, 0.2) is 0 Å². The summed E-state index contributed by atoms with van der Waals surface area (Å²) in [6.45, 7) is 1.35. The van der Waals surface area contributed by atoms with Crippen molar-refractivity contribution in [3.63, 3.8) is 0 Å². The van der Waals surface area contributed by atoms with Gasteiger partial charge in [0.2, 0.25) is 5.88 Å². The topological polar surface area (TPSA) is 87.7 Å². The van der Waals surface area contributed by atoms with Gasteiger partial charge in [-0.3, -0.25) is 4.79 Å². The molecule has 0 amide bonds. The minimum Gasteiger partial charge on any atom is -0.438 e. The third-order valence-corrected chi connectivity index (χ3v) is 5.87. The molecule has 0 radical (unpaired) electrons. The van der Waals surface area contributed by atoms with Crippen LogP contribution in [0.25, 0.3) is 10.9 Å². The van der Waals surface area contributed by atoms with E-state index in [-0.39, 0.29) is 28.8 Å². The van der Waals surface area contributed by atoms with E-state index in [1.165, 1.54) is 47.0 Å².